The van der Waals surface area contributed by atoms with Crippen LogP contribution in [0.4, 0.5) is 0 Å². The summed E-state index contributed by atoms with van der Waals surface area (Å²) in [6.07, 6.45) is 0.786. The van der Waals surface area contributed by atoms with Crippen LogP contribution in [0, 0.1) is 0 Å². The Hall–Kier alpha value is -3.67. The van der Waals surface area contributed by atoms with Gasteiger partial charge < -0.3 is 24.4 Å². The van der Waals surface area contributed by atoms with Gasteiger partial charge in [-0.15, -0.1) is 0 Å². The van der Waals surface area contributed by atoms with Gasteiger partial charge in [-0.2, -0.15) is 5.10 Å². The summed E-state index contributed by atoms with van der Waals surface area (Å²) in [5.74, 6) is 3.75. The highest BCUT2D eigenvalue weighted by Crippen LogP contribution is 2.32. The molecule has 3 aromatic carbocycles. The van der Waals surface area contributed by atoms with E-state index < -0.39 is 0 Å². The molecule has 1 heterocycles. The van der Waals surface area contributed by atoms with Gasteiger partial charge in [-0.1, -0.05) is 12.1 Å². The number of methoxy groups -OCH3 is 3. The van der Waals surface area contributed by atoms with Crippen molar-refractivity contribution < 1.29 is 18.9 Å². The highest BCUT2D eigenvalue weighted by atomic mass is 16.5. The fraction of sp³-hybridized carbons (Fsp3) is 0.208. The van der Waals surface area contributed by atoms with Gasteiger partial charge in [0.1, 0.15) is 17.2 Å². The predicted octanol–water partition coefficient (Wildman–Crippen LogP) is 4.94. The van der Waals surface area contributed by atoms with Crippen molar-refractivity contribution in [2.75, 3.05) is 21.3 Å². The van der Waals surface area contributed by atoms with Crippen LogP contribution in [0.25, 0.3) is 0 Å². The molecule has 0 bridgehead atoms. The average Bonchev–Trinajstić information content (AvgIpc) is 3.30. The second-order valence-corrected chi connectivity index (χ2v) is 6.86. The van der Waals surface area contributed by atoms with E-state index in [1.165, 1.54) is 0 Å². The van der Waals surface area contributed by atoms with Gasteiger partial charge in [0.25, 0.3) is 0 Å². The minimum absolute atomic E-state index is 0.114. The SMILES string of the molecule is COc1ccc(Oc2ccc(C3CC(c4ccc(OC)c(OC)c4)=NN3)cc2)cc1. The van der Waals surface area contributed by atoms with Crippen molar-refractivity contribution in [2.45, 2.75) is 12.5 Å². The van der Waals surface area contributed by atoms with Crippen LogP contribution in [0.5, 0.6) is 28.7 Å². The Labute approximate surface area is 176 Å². The lowest BCUT2D eigenvalue weighted by Crippen LogP contribution is -2.09. The first-order chi connectivity index (χ1) is 14.7. The average molecular weight is 404 g/mol. The maximum atomic E-state index is 5.90. The zero-order valence-electron chi connectivity index (χ0n) is 17.2. The van der Waals surface area contributed by atoms with E-state index in [1.54, 1.807) is 21.3 Å². The lowest BCUT2D eigenvalue weighted by Gasteiger charge is -2.12. The zero-order valence-corrected chi connectivity index (χ0v) is 17.2. The molecule has 3 aromatic rings. The fourth-order valence-corrected chi connectivity index (χ4v) is 3.38. The van der Waals surface area contributed by atoms with Gasteiger partial charge in [0.2, 0.25) is 0 Å². The third kappa shape index (κ3) is 4.17. The molecule has 0 saturated carbocycles. The zero-order chi connectivity index (χ0) is 20.9. The Morgan fingerprint density at radius 3 is 2.00 bits per heavy atom. The van der Waals surface area contributed by atoms with Crippen molar-refractivity contribution in [1.82, 2.24) is 5.43 Å². The molecule has 0 fully saturated rings. The normalized spacial score (nSPS) is 15.2. The molecule has 30 heavy (non-hydrogen) atoms. The Balaban J connectivity index is 1.41. The van der Waals surface area contributed by atoms with E-state index in [0.29, 0.717) is 11.5 Å². The summed E-state index contributed by atoms with van der Waals surface area (Å²) in [6, 6.07) is 21.5. The van der Waals surface area contributed by atoms with Crippen LogP contribution >= 0.6 is 0 Å². The summed E-state index contributed by atoms with van der Waals surface area (Å²) in [5, 5.41) is 4.53. The standard InChI is InChI=1S/C24H24N2O4/c1-27-18-9-11-20(12-10-18)30-19-7-4-16(5-8-19)21-15-22(26-25-21)17-6-13-23(28-2)24(14-17)29-3/h4-14,21,25H,15H2,1-3H3. The van der Waals surface area contributed by atoms with Gasteiger partial charge in [0.05, 0.1) is 33.1 Å². The van der Waals surface area contributed by atoms with Crippen LogP contribution in [0.2, 0.25) is 0 Å². The molecule has 0 spiro atoms. The number of hydrogen-bond donors (Lipinski definition) is 1. The number of nitrogens with zero attached hydrogens (tertiary/aromatic N) is 1. The van der Waals surface area contributed by atoms with Crippen LogP contribution in [0.1, 0.15) is 23.6 Å². The van der Waals surface area contributed by atoms with E-state index in [-0.39, 0.29) is 6.04 Å². The molecule has 4 rings (SSSR count). The minimum Gasteiger partial charge on any atom is -0.497 e. The second kappa shape index (κ2) is 8.78. The van der Waals surface area contributed by atoms with Gasteiger partial charge in [-0.25, -0.2) is 0 Å². The number of hydrogen-bond acceptors (Lipinski definition) is 6. The topological polar surface area (TPSA) is 61.3 Å². The molecular weight excluding hydrogens is 380 g/mol. The molecule has 0 saturated heterocycles. The van der Waals surface area contributed by atoms with Crippen molar-refractivity contribution in [1.29, 1.82) is 0 Å². The molecule has 0 aliphatic carbocycles. The summed E-state index contributed by atoms with van der Waals surface area (Å²) in [4.78, 5) is 0. The van der Waals surface area contributed by atoms with Crippen LogP contribution in [0.15, 0.2) is 71.8 Å². The van der Waals surface area contributed by atoms with E-state index in [1.807, 2.05) is 54.6 Å². The predicted molar refractivity (Wildman–Crippen MR) is 116 cm³/mol. The largest absolute Gasteiger partial charge is 0.497 e. The first-order valence-corrected chi connectivity index (χ1v) is 9.66. The quantitative estimate of drug-likeness (QED) is 0.604. The van der Waals surface area contributed by atoms with Crippen LogP contribution < -0.4 is 24.4 Å². The molecule has 6 nitrogen and oxygen atoms in total. The van der Waals surface area contributed by atoms with Crippen LogP contribution in [0.3, 0.4) is 0 Å². The van der Waals surface area contributed by atoms with Gasteiger partial charge in [-0.05, 0) is 60.2 Å². The van der Waals surface area contributed by atoms with Gasteiger partial charge in [-0.3, -0.25) is 0 Å². The molecule has 6 heteroatoms. The highest BCUT2D eigenvalue weighted by molar-refractivity contribution is 6.02. The number of rotatable bonds is 7. The van der Waals surface area contributed by atoms with Crippen LogP contribution in [-0.2, 0) is 0 Å². The number of ether oxygens (including phenoxy) is 4. The molecular formula is C24H24N2O4. The van der Waals surface area contributed by atoms with E-state index in [0.717, 1.165) is 40.5 Å². The van der Waals surface area contributed by atoms with Crippen molar-refractivity contribution in [3.63, 3.8) is 0 Å². The molecule has 0 aromatic heterocycles. The van der Waals surface area contributed by atoms with E-state index in [4.69, 9.17) is 18.9 Å². The summed E-state index contributed by atoms with van der Waals surface area (Å²) in [6.45, 7) is 0. The van der Waals surface area contributed by atoms with Crippen LogP contribution in [-0.4, -0.2) is 27.0 Å². The Bertz CT molecular complexity index is 1030. The number of hydrazone groups is 1. The van der Waals surface area contributed by atoms with E-state index in [2.05, 4.69) is 22.7 Å². The van der Waals surface area contributed by atoms with Crippen molar-refractivity contribution >= 4 is 5.71 Å². The smallest absolute Gasteiger partial charge is 0.161 e. The molecule has 1 aliphatic heterocycles. The second-order valence-electron chi connectivity index (χ2n) is 6.86. The third-order valence-electron chi connectivity index (χ3n) is 5.05. The maximum absolute atomic E-state index is 5.90. The Morgan fingerprint density at radius 1 is 0.733 bits per heavy atom. The first kappa shape index (κ1) is 19.6. The molecule has 1 aliphatic rings. The fourth-order valence-electron chi connectivity index (χ4n) is 3.38. The molecule has 1 N–H and O–H groups in total. The van der Waals surface area contributed by atoms with Crippen molar-refractivity contribution in [3.05, 3.63) is 77.9 Å². The third-order valence-corrected chi connectivity index (χ3v) is 5.05. The number of nitrogens with one attached hydrogen (secondary N) is 1. The molecule has 1 atom stereocenters. The monoisotopic (exact) mass is 404 g/mol. The highest BCUT2D eigenvalue weighted by Gasteiger charge is 2.22. The van der Waals surface area contributed by atoms with Crippen molar-refractivity contribution in [3.8, 4) is 28.7 Å². The first-order valence-electron chi connectivity index (χ1n) is 9.66. The lowest BCUT2D eigenvalue weighted by molar-refractivity contribution is 0.355. The summed E-state index contributed by atoms with van der Waals surface area (Å²) < 4.78 is 21.8. The summed E-state index contributed by atoms with van der Waals surface area (Å²) in [5.41, 5.74) is 6.38. The van der Waals surface area contributed by atoms with Crippen molar-refractivity contribution in [2.24, 2.45) is 5.10 Å². The summed E-state index contributed by atoms with van der Waals surface area (Å²) >= 11 is 0. The molecule has 0 radical (unpaired) electrons. The maximum Gasteiger partial charge on any atom is 0.161 e. The van der Waals surface area contributed by atoms with E-state index in [9.17, 15) is 0 Å². The Morgan fingerprint density at radius 2 is 1.37 bits per heavy atom. The molecule has 1 unspecified atom stereocenters. The van der Waals surface area contributed by atoms with Gasteiger partial charge in [0, 0.05) is 12.0 Å². The molecule has 0 amide bonds. The Kier molecular flexibility index (Phi) is 5.75. The van der Waals surface area contributed by atoms with Gasteiger partial charge in [0.15, 0.2) is 11.5 Å². The lowest BCUT2D eigenvalue weighted by atomic mass is 9.99. The van der Waals surface area contributed by atoms with E-state index >= 15 is 0 Å². The summed E-state index contributed by atoms with van der Waals surface area (Å²) in [7, 11) is 4.91. The van der Waals surface area contributed by atoms with Gasteiger partial charge >= 0.3 is 0 Å². The minimum atomic E-state index is 0.114. The molecule has 154 valence electrons. The number of benzene rings is 3.